The predicted octanol–water partition coefficient (Wildman–Crippen LogP) is 4.83. The number of aromatic nitrogens is 3. The molecule has 2 aromatic heterocycles. The molecule has 1 atom stereocenters. The number of nitrogens with one attached hydrogen (secondary N) is 1. The van der Waals surface area contributed by atoms with Crippen molar-refractivity contribution in [3.05, 3.63) is 95.4 Å². The van der Waals surface area contributed by atoms with Gasteiger partial charge in [-0.1, -0.05) is 41.9 Å². The van der Waals surface area contributed by atoms with Gasteiger partial charge in [0, 0.05) is 17.8 Å². The summed E-state index contributed by atoms with van der Waals surface area (Å²) in [5, 5.41) is 18.7. The summed E-state index contributed by atoms with van der Waals surface area (Å²) in [5.41, 5.74) is 2.48. The number of pyridine rings is 1. The summed E-state index contributed by atoms with van der Waals surface area (Å²) in [5.74, 6) is 0.153. The van der Waals surface area contributed by atoms with Crippen LogP contribution in [-0.2, 0) is 0 Å². The Kier molecular flexibility index (Phi) is 5.06. The first-order valence-electron chi connectivity index (χ1n) is 8.58. The molecule has 2 heterocycles. The average Bonchev–Trinajstić information content (AvgIpc) is 3.13. The smallest absolute Gasteiger partial charge is 0.151 e. The number of hydrogen-bond donors (Lipinski definition) is 2. The van der Waals surface area contributed by atoms with E-state index in [-0.39, 0.29) is 5.82 Å². The van der Waals surface area contributed by atoms with Gasteiger partial charge in [-0.05, 0) is 36.4 Å². The number of halogens is 2. The van der Waals surface area contributed by atoms with Crippen molar-refractivity contribution in [2.75, 3.05) is 5.32 Å². The number of aliphatic hydroxyl groups is 1. The second-order valence-electron chi connectivity index (χ2n) is 6.09. The van der Waals surface area contributed by atoms with Gasteiger partial charge in [-0.3, -0.25) is 4.98 Å². The number of hydrogen-bond acceptors (Lipinski definition) is 4. The van der Waals surface area contributed by atoms with E-state index >= 15 is 0 Å². The highest BCUT2D eigenvalue weighted by Crippen LogP contribution is 2.29. The minimum Gasteiger partial charge on any atom is -0.369 e. The quantitative estimate of drug-likeness (QED) is 0.476. The van der Waals surface area contributed by atoms with Gasteiger partial charge in [0.15, 0.2) is 6.23 Å². The van der Waals surface area contributed by atoms with E-state index in [9.17, 15) is 9.50 Å². The van der Waals surface area contributed by atoms with Crippen LogP contribution in [0.4, 0.5) is 10.2 Å². The molecule has 0 aliphatic carbocycles. The summed E-state index contributed by atoms with van der Waals surface area (Å²) in [6.07, 6.45) is 0.625. The molecule has 28 heavy (non-hydrogen) atoms. The van der Waals surface area contributed by atoms with E-state index in [0.717, 1.165) is 0 Å². The second-order valence-corrected chi connectivity index (χ2v) is 6.50. The van der Waals surface area contributed by atoms with Crippen LogP contribution in [0.25, 0.3) is 17.1 Å². The minimum atomic E-state index is -1.06. The van der Waals surface area contributed by atoms with Crippen molar-refractivity contribution in [2.45, 2.75) is 6.23 Å². The van der Waals surface area contributed by atoms with Crippen LogP contribution in [0, 0.1) is 5.82 Å². The standard InChI is InChI=1S/C21H16ClFN4O/c22-16-5-1-2-7-19(16)27-20(13-18(26-27)17-6-3-4-12-24-17)25-21(28)14-8-10-15(23)11-9-14/h1-13,21,25,28H. The summed E-state index contributed by atoms with van der Waals surface area (Å²) >= 11 is 6.35. The number of aliphatic hydroxyl groups excluding tert-OH is 1. The molecule has 1 unspecified atom stereocenters. The zero-order valence-corrected chi connectivity index (χ0v) is 15.4. The first kappa shape index (κ1) is 18.2. The maximum Gasteiger partial charge on any atom is 0.151 e. The molecule has 0 saturated heterocycles. The maximum absolute atomic E-state index is 13.2. The molecule has 4 rings (SSSR count). The molecule has 0 fully saturated rings. The summed E-state index contributed by atoms with van der Waals surface area (Å²) in [6.45, 7) is 0. The second kappa shape index (κ2) is 7.80. The molecule has 0 aliphatic rings. The Labute approximate surface area is 166 Å². The lowest BCUT2D eigenvalue weighted by atomic mass is 10.2. The lowest BCUT2D eigenvalue weighted by Gasteiger charge is -2.16. The molecule has 0 amide bonds. The van der Waals surface area contributed by atoms with Gasteiger partial charge in [0.1, 0.15) is 17.3 Å². The Morgan fingerprint density at radius 3 is 2.43 bits per heavy atom. The average molecular weight is 395 g/mol. The molecule has 140 valence electrons. The highest BCUT2D eigenvalue weighted by Gasteiger charge is 2.17. The van der Waals surface area contributed by atoms with Crippen molar-refractivity contribution in [2.24, 2.45) is 0 Å². The van der Waals surface area contributed by atoms with Gasteiger partial charge in [0.05, 0.1) is 16.4 Å². The van der Waals surface area contributed by atoms with Gasteiger partial charge in [0.2, 0.25) is 0 Å². The van der Waals surface area contributed by atoms with Crippen molar-refractivity contribution in [3.8, 4) is 17.1 Å². The van der Waals surface area contributed by atoms with Gasteiger partial charge in [-0.2, -0.15) is 5.10 Å². The zero-order chi connectivity index (χ0) is 19.5. The first-order valence-corrected chi connectivity index (χ1v) is 8.96. The molecule has 0 radical (unpaired) electrons. The van der Waals surface area contributed by atoms with Gasteiger partial charge in [-0.25, -0.2) is 9.07 Å². The molecule has 5 nitrogen and oxygen atoms in total. The molecule has 0 bridgehead atoms. The van der Waals surface area contributed by atoms with Crippen LogP contribution in [0.3, 0.4) is 0 Å². The Balaban J connectivity index is 1.75. The topological polar surface area (TPSA) is 63.0 Å². The number of anilines is 1. The third-order valence-electron chi connectivity index (χ3n) is 4.19. The minimum absolute atomic E-state index is 0.366. The van der Waals surface area contributed by atoms with Gasteiger partial charge in [-0.15, -0.1) is 0 Å². The van der Waals surface area contributed by atoms with Crippen LogP contribution in [0.15, 0.2) is 79.0 Å². The lowest BCUT2D eigenvalue weighted by Crippen LogP contribution is -2.13. The maximum atomic E-state index is 13.2. The van der Waals surface area contributed by atoms with E-state index < -0.39 is 6.23 Å². The molecule has 7 heteroatoms. The van der Waals surface area contributed by atoms with E-state index in [1.807, 2.05) is 36.4 Å². The van der Waals surface area contributed by atoms with E-state index in [4.69, 9.17) is 11.6 Å². The Hall–Kier alpha value is -3.22. The van der Waals surface area contributed by atoms with Gasteiger partial charge in [0.25, 0.3) is 0 Å². The Morgan fingerprint density at radius 1 is 0.964 bits per heavy atom. The molecular formula is C21H16ClFN4O. The fourth-order valence-electron chi connectivity index (χ4n) is 2.80. The van der Waals surface area contributed by atoms with E-state index in [1.165, 1.54) is 24.3 Å². The Bertz CT molecular complexity index is 1080. The molecule has 2 N–H and O–H groups in total. The predicted molar refractivity (Wildman–Crippen MR) is 107 cm³/mol. The largest absolute Gasteiger partial charge is 0.369 e. The number of rotatable bonds is 5. The SMILES string of the molecule is OC(Nc1cc(-c2ccccn2)nn1-c1ccccc1Cl)c1ccc(F)cc1. The molecule has 2 aromatic carbocycles. The molecule has 0 spiro atoms. The highest BCUT2D eigenvalue weighted by molar-refractivity contribution is 6.32. The number of nitrogens with zero attached hydrogens (tertiary/aromatic N) is 3. The monoisotopic (exact) mass is 394 g/mol. The van der Waals surface area contributed by atoms with Crippen LogP contribution < -0.4 is 5.32 Å². The highest BCUT2D eigenvalue weighted by atomic mass is 35.5. The number of para-hydroxylation sites is 1. The molecular weight excluding hydrogens is 379 g/mol. The van der Waals surface area contributed by atoms with Crippen LogP contribution in [-0.4, -0.2) is 19.9 Å². The molecule has 4 aromatic rings. The fourth-order valence-corrected chi connectivity index (χ4v) is 3.01. The van der Waals surface area contributed by atoms with Gasteiger partial charge < -0.3 is 10.4 Å². The van der Waals surface area contributed by atoms with Crippen LogP contribution in [0.1, 0.15) is 11.8 Å². The molecule has 0 saturated carbocycles. The normalized spacial score (nSPS) is 12.0. The summed E-state index contributed by atoms with van der Waals surface area (Å²) in [4.78, 5) is 4.33. The van der Waals surface area contributed by atoms with Crippen molar-refractivity contribution in [3.63, 3.8) is 0 Å². The third kappa shape index (κ3) is 3.74. The summed E-state index contributed by atoms with van der Waals surface area (Å²) < 4.78 is 14.8. The van der Waals surface area contributed by atoms with E-state index in [2.05, 4.69) is 15.4 Å². The van der Waals surface area contributed by atoms with E-state index in [0.29, 0.717) is 33.5 Å². The number of benzene rings is 2. The van der Waals surface area contributed by atoms with Crippen LogP contribution in [0.2, 0.25) is 5.02 Å². The van der Waals surface area contributed by atoms with Crippen molar-refractivity contribution in [1.29, 1.82) is 0 Å². The third-order valence-corrected chi connectivity index (χ3v) is 4.51. The summed E-state index contributed by atoms with van der Waals surface area (Å²) in [7, 11) is 0. The lowest BCUT2D eigenvalue weighted by molar-refractivity contribution is 0.207. The van der Waals surface area contributed by atoms with Crippen molar-refractivity contribution >= 4 is 17.4 Å². The zero-order valence-electron chi connectivity index (χ0n) is 14.6. The molecule has 0 aliphatic heterocycles. The van der Waals surface area contributed by atoms with Gasteiger partial charge >= 0.3 is 0 Å². The van der Waals surface area contributed by atoms with Crippen LogP contribution in [0.5, 0.6) is 0 Å². The Morgan fingerprint density at radius 2 is 1.71 bits per heavy atom. The fraction of sp³-hybridized carbons (Fsp3) is 0.0476. The first-order chi connectivity index (χ1) is 13.6. The van der Waals surface area contributed by atoms with Crippen molar-refractivity contribution < 1.29 is 9.50 Å². The van der Waals surface area contributed by atoms with Crippen molar-refractivity contribution in [1.82, 2.24) is 14.8 Å². The van der Waals surface area contributed by atoms with Crippen LogP contribution >= 0.6 is 11.6 Å². The van der Waals surface area contributed by atoms with E-state index in [1.54, 1.807) is 23.0 Å². The summed E-state index contributed by atoms with van der Waals surface area (Å²) in [6, 6.07) is 20.2.